The fraction of sp³-hybridized carbons (Fsp3) is 0. The van der Waals surface area contributed by atoms with Crippen LogP contribution in [-0.4, -0.2) is 11.7 Å². The van der Waals surface area contributed by atoms with Gasteiger partial charge in [-0.25, -0.2) is 0 Å². The molecule has 0 bridgehead atoms. The molecule has 0 saturated heterocycles. The standard InChI is InChI=1S/C7H4NOS/c8-4-3-6(9)7-2-1-5-10-7/h1-3,5H/q-1. The maximum absolute atomic E-state index is 10.8. The molecule has 0 aliphatic carbocycles. The summed E-state index contributed by atoms with van der Waals surface area (Å²) in [6, 6.07) is 3.48. The molecule has 0 radical (unpaired) electrons. The highest BCUT2D eigenvalue weighted by molar-refractivity contribution is 7.12. The van der Waals surface area contributed by atoms with Gasteiger partial charge in [0.25, 0.3) is 0 Å². The van der Waals surface area contributed by atoms with Crippen molar-refractivity contribution >= 4 is 23.0 Å². The van der Waals surface area contributed by atoms with Gasteiger partial charge in [-0.1, -0.05) is 6.07 Å². The molecule has 1 aromatic heterocycles. The Hall–Kier alpha value is -1.18. The third-order valence-electron chi connectivity index (χ3n) is 0.960. The van der Waals surface area contributed by atoms with Gasteiger partial charge in [0.05, 0.1) is 4.88 Å². The number of carbonyl (C=O) groups excluding carboxylic acids is 1. The Bertz CT molecular complexity index is 270. The van der Waals surface area contributed by atoms with E-state index >= 15 is 0 Å². The van der Waals surface area contributed by atoms with E-state index in [4.69, 9.17) is 5.41 Å². The summed E-state index contributed by atoms with van der Waals surface area (Å²) in [6.07, 6.45) is 1.01. The summed E-state index contributed by atoms with van der Waals surface area (Å²) >= 11 is 1.34. The molecule has 0 unspecified atom stereocenters. The minimum Gasteiger partial charge on any atom is -0.763 e. The Morgan fingerprint density at radius 2 is 2.60 bits per heavy atom. The molecule has 0 amide bonds. The van der Waals surface area contributed by atoms with Gasteiger partial charge in [-0.05, 0) is 11.4 Å². The lowest BCUT2D eigenvalue weighted by Crippen LogP contribution is -1.87. The Labute approximate surface area is 62.3 Å². The fourth-order valence-electron chi connectivity index (χ4n) is 0.549. The maximum atomic E-state index is 10.8. The predicted octanol–water partition coefficient (Wildman–Crippen LogP) is 1.73. The van der Waals surface area contributed by atoms with E-state index in [1.165, 1.54) is 11.3 Å². The zero-order chi connectivity index (χ0) is 7.40. The second-order valence-corrected chi connectivity index (χ2v) is 2.56. The van der Waals surface area contributed by atoms with Crippen LogP contribution in [0.4, 0.5) is 0 Å². The van der Waals surface area contributed by atoms with E-state index in [-0.39, 0.29) is 5.78 Å². The monoisotopic (exact) mass is 150 g/mol. The molecule has 0 aliphatic rings. The average molecular weight is 150 g/mol. The van der Waals surface area contributed by atoms with Crippen LogP contribution in [0.25, 0.3) is 5.41 Å². The second-order valence-electron chi connectivity index (χ2n) is 1.61. The first-order valence-electron chi connectivity index (χ1n) is 2.65. The van der Waals surface area contributed by atoms with Crippen molar-refractivity contribution in [1.29, 1.82) is 0 Å². The second kappa shape index (κ2) is 3.11. The van der Waals surface area contributed by atoms with Gasteiger partial charge in [0, 0.05) is 6.08 Å². The first-order valence-corrected chi connectivity index (χ1v) is 3.53. The van der Waals surface area contributed by atoms with E-state index in [1.807, 2.05) is 0 Å². The summed E-state index contributed by atoms with van der Waals surface area (Å²) in [5, 5.41) is 9.92. The van der Waals surface area contributed by atoms with Crippen molar-refractivity contribution in [2.75, 3.05) is 0 Å². The van der Waals surface area contributed by atoms with Gasteiger partial charge in [0.2, 0.25) is 5.78 Å². The van der Waals surface area contributed by atoms with Crippen LogP contribution >= 0.6 is 11.3 Å². The van der Waals surface area contributed by atoms with E-state index in [2.05, 4.69) is 0 Å². The largest absolute Gasteiger partial charge is 0.763 e. The summed E-state index contributed by atoms with van der Waals surface area (Å²) in [6.45, 7) is 0. The van der Waals surface area contributed by atoms with E-state index in [9.17, 15) is 4.79 Å². The van der Waals surface area contributed by atoms with Crippen LogP contribution in [0.1, 0.15) is 9.67 Å². The molecule has 0 N–H and O–H groups in total. The number of nitrogens with zero attached hydrogens (tertiary/aromatic N) is 1. The number of hydrogen-bond acceptors (Lipinski definition) is 2. The van der Waals surface area contributed by atoms with Crippen molar-refractivity contribution in [3.05, 3.63) is 33.9 Å². The molecule has 0 saturated carbocycles. The molecule has 1 aromatic rings. The van der Waals surface area contributed by atoms with Crippen molar-refractivity contribution in [3.63, 3.8) is 0 Å². The molecule has 10 heavy (non-hydrogen) atoms. The Kier molecular flexibility index (Phi) is 2.15. The van der Waals surface area contributed by atoms with Gasteiger partial charge in [0.15, 0.2) is 0 Å². The molecule has 1 rings (SSSR count). The lowest BCUT2D eigenvalue weighted by atomic mass is 10.3. The molecule has 0 spiro atoms. The molecule has 1 heterocycles. The summed E-state index contributed by atoms with van der Waals surface area (Å²) in [5.74, 6) is 1.48. The first-order chi connectivity index (χ1) is 4.84. The average Bonchev–Trinajstić information content (AvgIpc) is 2.38. The van der Waals surface area contributed by atoms with Gasteiger partial charge in [-0.2, -0.15) is 0 Å². The highest BCUT2D eigenvalue weighted by Crippen LogP contribution is 2.08. The van der Waals surface area contributed by atoms with Crippen LogP contribution in [0.15, 0.2) is 23.6 Å². The van der Waals surface area contributed by atoms with E-state index in [1.54, 1.807) is 23.4 Å². The van der Waals surface area contributed by atoms with Crippen molar-refractivity contribution in [2.45, 2.75) is 0 Å². The third-order valence-corrected chi connectivity index (χ3v) is 1.84. The van der Waals surface area contributed by atoms with Crippen LogP contribution in [-0.2, 0) is 0 Å². The minimum absolute atomic E-state index is 0.211. The Balaban J connectivity index is 2.87. The van der Waals surface area contributed by atoms with Gasteiger partial charge < -0.3 is 5.41 Å². The predicted molar refractivity (Wildman–Crippen MR) is 41.6 cm³/mol. The third kappa shape index (κ3) is 1.41. The van der Waals surface area contributed by atoms with Gasteiger partial charge in [-0.15, -0.1) is 11.3 Å². The molecule has 50 valence electrons. The summed E-state index contributed by atoms with van der Waals surface area (Å²) in [4.78, 5) is 11.5. The van der Waals surface area contributed by atoms with Crippen LogP contribution < -0.4 is 0 Å². The SMILES string of the molecule is [N-]=C=CC(=O)c1cccs1. The molecular weight excluding hydrogens is 146 g/mol. The quantitative estimate of drug-likeness (QED) is 0.359. The van der Waals surface area contributed by atoms with Gasteiger partial charge >= 0.3 is 0 Å². The zero-order valence-electron chi connectivity index (χ0n) is 5.07. The Morgan fingerprint density at radius 1 is 1.80 bits per heavy atom. The molecular formula is C7H4NOS-. The number of allylic oxidation sites excluding steroid dienone is 1. The summed E-state index contributed by atoms with van der Waals surface area (Å²) in [5.41, 5.74) is 0. The molecule has 0 atom stereocenters. The van der Waals surface area contributed by atoms with Gasteiger partial charge in [0.1, 0.15) is 0 Å². The number of thiophene rings is 1. The van der Waals surface area contributed by atoms with E-state index in [0.29, 0.717) is 4.88 Å². The zero-order valence-corrected chi connectivity index (χ0v) is 5.89. The van der Waals surface area contributed by atoms with Crippen LogP contribution in [0, 0.1) is 0 Å². The molecule has 0 fully saturated rings. The summed E-state index contributed by atoms with van der Waals surface area (Å²) < 4.78 is 0. The van der Waals surface area contributed by atoms with E-state index < -0.39 is 0 Å². The normalized spacial score (nSPS) is 8.40. The van der Waals surface area contributed by atoms with Crippen LogP contribution in [0.3, 0.4) is 0 Å². The van der Waals surface area contributed by atoms with Crippen molar-refractivity contribution in [3.8, 4) is 0 Å². The first kappa shape index (κ1) is 6.93. The summed E-state index contributed by atoms with van der Waals surface area (Å²) in [7, 11) is 0. The lowest BCUT2D eigenvalue weighted by molar-refractivity contribution is 0.105. The number of hydrogen-bond donors (Lipinski definition) is 0. The topological polar surface area (TPSA) is 39.4 Å². The highest BCUT2D eigenvalue weighted by Gasteiger charge is 1.98. The Morgan fingerprint density at radius 3 is 3.10 bits per heavy atom. The lowest BCUT2D eigenvalue weighted by Gasteiger charge is -1.83. The van der Waals surface area contributed by atoms with Gasteiger partial charge in [-0.3, -0.25) is 10.7 Å². The number of rotatable bonds is 2. The highest BCUT2D eigenvalue weighted by atomic mass is 32.1. The van der Waals surface area contributed by atoms with Crippen molar-refractivity contribution in [2.24, 2.45) is 0 Å². The molecule has 2 nitrogen and oxygen atoms in total. The van der Waals surface area contributed by atoms with Crippen molar-refractivity contribution < 1.29 is 4.79 Å². The van der Waals surface area contributed by atoms with Crippen LogP contribution in [0.5, 0.6) is 0 Å². The van der Waals surface area contributed by atoms with Crippen molar-refractivity contribution in [1.82, 2.24) is 0 Å². The fourth-order valence-corrected chi connectivity index (χ4v) is 1.18. The smallest absolute Gasteiger partial charge is 0.201 e. The van der Waals surface area contributed by atoms with Crippen LogP contribution in [0.2, 0.25) is 0 Å². The number of ketones is 1. The minimum atomic E-state index is -0.211. The van der Waals surface area contributed by atoms with E-state index in [0.717, 1.165) is 6.08 Å². The molecule has 3 heteroatoms. The number of carbonyl (C=O) groups is 1. The molecule has 0 aromatic carbocycles. The maximum Gasteiger partial charge on any atom is 0.201 e. The molecule has 0 aliphatic heterocycles.